The highest BCUT2D eigenvalue weighted by Gasteiger charge is 2.36. The first-order valence-electron chi connectivity index (χ1n) is 10.4. The normalized spacial score (nSPS) is 19.0. The predicted molar refractivity (Wildman–Crippen MR) is 111 cm³/mol. The summed E-state index contributed by atoms with van der Waals surface area (Å²) in [6.07, 6.45) is 4.31. The van der Waals surface area contributed by atoms with Gasteiger partial charge in [0.2, 0.25) is 11.8 Å². The number of nitrogens with one attached hydrogen (secondary N) is 1. The number of benzene rings is 2. The molecule has 2 aromatic rings. The maximum Gasteiger partial charge on any atom is 0.229 e. The van der Waals surface area contributed by atoms with E-state index in [4.69, 9.17) is 9.47 Å². The van der Waals surface area contributed by atoms with E-state index < -0.39 is 17.6 Å². The molecule has 1 atom stereocenters. The molecule has 0 spiro atoms. The zero-order valence-corrected chi connectivity index (χ0v) is 17.2. The van der Waals surface area contributed by atoms with Gasteiger partial charge in [0.05, 0.1) is 24.8 Å². The van der Waals surface area contributed by atoms with Crippen molar-refractivity contribution in [3.05, 3.63) is 48.0 Å². The Morgan fingerprint density at radius 1 is 1.10 bits per heavy atom. The lowest BCUT2D eigenvalue weighted by Gasteiger charge is -2.18. The zero-order valence-electron chi connectivity index (χ0n) is 17.2. The Balaban J connectivity index is 1.45. The maximum absolute atomic E-state index is 14.1. The first-order valence-corrected chi connectivity index (χ1v) is 10.4. The van der Waals surface area contributed by atoms with Crippen molar-refractivity contribution in [1.82, 2.24) is 0 Å². The lowest BCUT2D eigenvalue weighted by atomic mass is 10.1. The summed E-state index contributed by atoms with van der Waals surface area (Å²) in [4.78, 5) is 26.3. The van der Waals surface area contributed by atoms with Crippen LogP contribution in [-0.4, -0.2) is 31.6 Å². The number of carbonyl (C=O) groups is 2. The van der Waals surface area contributed by atoms with Gasteiger partial charge in [-0.15, -0.1) is 0 Å². The van der Waals surface area contributed by atoms with Crippen molar-refractivity contribution >= 4 is 23.2 Å². The number of hydrogen-bond donors (Lipinski definition) is 1. The van der Waals surface area contributed by atoms with Gasteiger partial charge in [-0.25, -0.2) is 8.78 Å². The SMILES string of the molecule is COc1ccc(NC(=O)C2CC(=O)N(c3ccc(F)cc3F)C2)cc1OC1CCCC1. The predicted octanol–water partition coefficient (Wildman–Crippen LogP) is 4.29. The smallest absolute Gasteiger partial charge is 0.229 e. The summed E-state index contributed by atoms with van der Waals surface area (Å²) < 4.78 is 38.6. The second-order valence-corrected chi connectivity index (χ2v) is 7.88. The molecule has 1 N–H and O–H groups in total. The number of halogens is 2. The topological polar surface area (TPSA) is 67.9 Å². The van der Waals surface area contributed by atoms with Gasteiger partial charge < -0.3 is 19.7 Å². The summed E-state index contributed by atoms with van der Waals surface area (Å²) in [5, 5.41) is 2.81. The van der Waals surface area contributed by atoms with E-state index in [1.807, 2.05) is 0 Å². The molecule has 8 heteroatoms. The lowest BCUT2D eigenvalue weighted by molar-refractivity contribution is -0.122. The van der Waals surface area contributed by atoms with Gasteiger partial charge in [-0.05, 0) is 49.9 Å². The molecule has 6 nitrogen and oxygen atoms in total. The molecule has 2 fully saturated rings. The highest BCUT2D eigenvalue weighted by atomic mass is 19.1. The average molecular weight is 430 g/mol. The fourth-order valence-corrected chi connectivity index (χ4v) is 4.09. The molecule has 1 aliphatic carbocycles. The number of anilines is 2. The molecule has 1 saturated heterocycles. The number of nitrogens with zero attached hydrogens (tertiary/aromatic N) is 1. The molecular weight excluding hydrogens is 406 g/mol. The third-order valence-corrected chi connectivity index (χ3v) is 5.72. The summed E-state index contributed by atoms with van der Waals surface area (Å²) in [5.74, 6) is -1.81. The van der Waals surface area contributed by atoms with Gasteiger partial charge in [0.1, 0.15) is 11.6 Å². The molecule has 1 heterocycles. The van der Waals surface area contributed by atoms with E-state index in [9.17, 15) is 18.4 Å². The zero-order chi connectivity index (χ0) is 22.0. The Morgan fingerprint density at radius 3 is 2.58 bits per heavy atom. The van der Waals surface area contributed by atoms with Crippen LogP contribution in [0.15, 0.2) is 36.4 Å². The van der Waals surface area contributed by atoms with Crippen molar-refractivity contribution in [3.8, 4) is 11.5 Å². The number of hydrogen-bond acceptors (Lipinski definition) is 4. The third kappa shape index (κ3) is 4.62. The van der Waals surface area contributed by atoms with Gasteiger partial charge in [0.25, 0.3) is 0 Å². The first-order chi connectivity index (χ1) is 14.9. The number of ether oxygens (including phenoxy) is 2. The van der Waals surface area contributed by atoms with E-state index in [2.05, 4.69) is 5.32 Å². The van der Waals surface area contributed by atoms with Crippen molar-refractivity contribution in [3.63, 3.8) is 0 Å². The van der Waals surface area contributed by atoms with Crippen LogP contribution < -0.4 is 19.7 Å². The summed E-state index contributed by atoms with van der Waals surface area (Å²) in [5.41, 5.74) is 0.496. The molecule has 2 aliphatic rings. The van der Waals surface area contributed by atoms with Gasteiger partial charge in [-0.1, -0.05) is 0 Å². The molecule has 0 radical (unpaired) electrons. The molecule has 31 heavy (non-hydrogen) atoms. The fraction of sp³-hybridized carbons (Fsp3) is 0.391. The lowest BCUT2D eigenvalue weighted by Crippen LogP contribution is -2.28. The molecule has 2 aromatic carbocycles. The van der Waals surface area contributed by atoms with Crippen molar-refractivity contribution < 1.29 is 27.8 Å². The molecule has 0 bridgehead atoms. The molecule has 1 aliphatic heterocycles. The molecule has 1 unspecified atom stereocenters. The van der Waals surface area contributed by atoms with E-state index in [0.717, 1.165) is 37.8 Å². The molecule has 2 amide bonds. The van der Waals surface area contributed by atoms with Crippen LogP contribution in [0.3, 0.4) is 0 Å². The Labute approximate surface area is 179 Å². The van der Waals surface area contributed by atoms with Crippen LogP contribution in [0.5, 0.6) is 11.5 Å². The largest absolute Gasteiger partial charge is 0.493 e. The van der Waals surface area contributed by atoms with Gasteiger partial charge >= 0.3 is 0 Å². The minimum atomic E-state index is -0.835. The number of methoxy groups -OCH3 is 1. The van der Waals surface area contributed by atoms with Crippen LogP contribution in [0.2, 0.25) is 0 Å². The molecule has 0 aromatic heterocycles. The Bertz CT molecular complexity index is 992. The van der Waals surface area contributed by atoms with E-state index >= 15 is 0 Å². The van der Waals surface area contributed by atoms with Crippen molar-refractivity contribution in [2.24, 2.45) is 5.92 Å². The fourth-order valence-electron chi connectivity index (χ4n) is 4.09. The van der Waals surface area contributed by atoms with Crippen LogP contribution >= 0.6 is 0 Å². The molecule has 1 saturated carbocycles. The quantitative estimate of drug-likeness (QED) is 0.743. The third-order valence-electron chi connectivity index (χ3n) is 5.72. The summed E-state index contributed by atoms with van der Waals surface area (Å²) in [7, 11) is 1.56. The van der Waals surface area contributed by atoms with E-state index in [1.165, 1.54) is 11.0 Å². The summed E-state index contributed by atoms with van der Waals surface area (Å²) in [6.45, 7) is 0.0226. The summed E-state index contributed by atoms with van der Waals surface area (Å²) in [6, 6.07) is 8.15. The van der Waals surface area contributed by atoms with Crippen LogP contribution in [0.4, 0.5) is 20.2 Å². The Kier molecular flexibility index (Phi) is 6.06. The molecule has 164 valence electrons. The minimum absolute atomic E-state index is 0.0226. The number of carbonyl (C=O) groups excluding carboxylic acids is 2. The maximum atomic E-state index is 14.1. The van der Waals surface area contributed by atoms with E-state index in [-0.39, 0.29) is 36.6 Å². The van der Waals surface area contributed by atoms with Crippen LogP contribution in [0.1, 0.15) is 32.1 Å². The summed E-state index contributed by atoms with van der Waals surface area (Å²) >= 11 is 0. The first kappa shape index (κ1) is 21.1. The van der Waals surface area contributed by atoms with Crippen LogP contribution in [0, 0.1) is 17.6 Å². The van der Waals surface area contributed by atoms with Crippen molar-refractivity contribution in [2.75, 3.05) is 23.9 Å². The van der Waals surface area contributed by atoms with Gasteiger partial charge in [-0.3, -0.25) is 9.59 Å². The van der Waals surface area contributed by atoms with Gasteiger partial charge in [0, 0.05) is 30.8 Å². The second-order valence-electron chi connectivity index (χ2n) is 7.88. The van der Waals surface area contributed by atoms with E-state index in [0.29, 0.717) is 17.2 Å². The van der Waals surface area contributed by atoms with Crippen LogP contribution in [-0.2, 0) is 9.59 Å². The number of rotatable bonds is 6. The second kappa shape index (κ2) is 8.91. The molecule has 4 rings (SSSR count). The van der Waals surface area contributed by atoms with E-state index in [1.54, 1.807) is 25.3 Å². The minimum Gasteiger partial charge on any atom is -0.493 e. The average Bonchev–Trinajstić information content (AvgIpc) is 3.38. The van der Waals surface area contributed by atoms with Crippen molar-refractivity contribution in [2.45, 2.75) is 38.2 Å². The molecular formula is C23H24F2N2O4. The Morgan fingerprint density at radius 2 is 1.87 bits per heavy atom. The standard InChI is InChI=1S/C23H24F2N2O4/c1-30-20-9-7-16(12-21(20)31-17-4-2-3-5-17)26-23(29)14-10-22(28)27(13-14)19-8-6-15(24)11-18(19)25/h6-9,11-12,14,17H,2-5,10,13H2,1H3,(H,26,29). The number of amides is 2. The highest BCUT2D eigenvalue weighted by Crippen LogP contribution is 2.34. The Hall–Kier alpha value is -3.16. The highest BCUT2D eigenvalue weighted by molar-refractivity contribution is 6.03. The van der Waals surface area contributed by atoms with Crippen LogP contribution in [0.25, 0.3) is 0 Å². The monoisotopic (exact) mass is 430 g/mol. The van der Waals surface area contributed by atoms with Crippen molar-refractivity contribution in [1.29, 1.82) is 0 Å². The van der Waals surface area contributed by atoms with Gasteiger partial charge in [0.15, 0.2) is 11.5 Å². The van der Waals surface area contributed by atoms with Gasteiger partial charge in [-0.2, -0.15) is 0 Å².